The summed E-state index contributed by atoms with van der Waals surface area (Å²) in [4.78, 5) is 6.09. The van der Waals surface area contributed by atoms with Gasteiger partial charge in [-0.3, -0.25) is 0 Å². The standard InChI is InChI=1S/C11H8N2S2/c1-14-9-4-2-8(3-5-9)11-10(6-12)15-7-13-11/h2-5,7H,1H3. The fraction of sp³-hybridized carbons (Fsp3) is 0.0909. The van der Waals surface area contributed by atoms with Gasteiger partial charge in [0.25, 0.3) is 0 Å². The number of nitriles is 1. The van der Waals surface area contributed by atoms with Crippen LogP contribution in [0.5, 0.6) is 0 Å². The Balaban J connectivity index is 2.42. The maximum atomic E-state index is 8.89. The van der Waals surface area contributed by atoms with Crippen LogP contribution in [0.25, 0.3) is 11.3 Å². The molecule has 0 atom stereocenters. The molecule has 1 aromatic carbocycles. The highest BCUT2D eigenvalue weighted by Gasteiger charge is 2.07. The minimum absolute atomic E-state index is 0.673. The number of benzene rings is 1. The lowest BCUT2D eigenvalue weighted by Gasteiger charge is -1.99. The predicted octanol–water partition coefficient (Wildman–Crippen LogP) is 3.40. The smallest absolute Gasteiger partial charge is 0.132 e. The van der Waals surface area contributed by atoms with Crippen LogP contribution in [0, 0.1) is 11.3 Å². The first-order valence-electron chi connectivity index (χ1n) is 4.33. The molecule has 0 unspecified atom stereocenters. The molecule has 0 aliphatic heterocycles. The van der Waals surface area contributed by atoms with Crippen molar-refractivity contribution in [3.63, 3.8) is 0 Å². The molecule has 0 saturated carbocycles. The summed E-state index contributed by atoms with van der Waals surface area (Å²) in [5.41, 5.74) is 3.50. The third-order valence-electron chi connectivity index (χ3n) is 2.03. The van der Waals surface area contributed by atoms with E-state index in [9.17, 15) is 0 Å². The fourth-order valence-electron chi connectivity index (χ4n) is 1.28. The Morgan fingerprint density at radius 2 is 2.07 bits per heavy atom. The van der Waals surface area contributed by atoms with Crippen LogP contribution in [-0.2, 0) is 0 Å². The molecule has 0 fully saturated rings. The summed E-state index contributed by atoms with van der Waals surface area (Å²) in [7, 11) is 0. The maximum Gasteiger partial charge on any atom is 0.132 e. The summed E-state index contributed by atoms with van der Waals surface area (Å²) >= 11 is 3.08. The summed E-state index contributed by atoms with van der Waals surface area (Å²) in [6.07, 6.45) is 2.04. The second-order valence-corrected chi connectivity index (χ2v) is 4.60. The maximum absolute atomic E-state index is 8.89. The zero-order chi connectivity index (χ0) is 10.7. The first kappa shape index (κ1) is 10.2. The summed E-state index contributed by atoms with van der Waals surface area (Å²) in [6.45, 7) is 0. The van der Waals surface area contributed by atoms with Crippen molar-refractivity contribution < 1.29 is 0 Å². The lowest BCUT2D eigenvalue weighted by atomic mass is 10.1. The molecule has 4 heteroatoms. The van der Waals surface area contributed by atoms with E-state index in [4.69, 9.17) is 5.26 Å². The molecular weight excluding hydrogens is 224 g/mol. The van der Waals surface area contributed by atoms with Crippen LogP contribution in [0.4, 0.5) is 0 Å². The quantitative estimate of drug-likeness (QED) is 0.745. The van der Waals surface area contributed by atoms with Crippen molar-refractivity contribution in [2.45, 2.75) is 4.90 Å². The Kier molecular flexibility index (Phi) is 3.05. The second kappa shape index (κ2) is 4.47. The Labute approximate surface area is 96.6 Å². The molecule has 2 nitrogen and oxygen atoms in total. The number of hydrogen-bond acceptors (Lipinski definition) is 4. The number of thioether (sulfide) groups is 1. The predicted molar refractivity (Wildman–Crippen MR) is 64.0 cm³/mol. The van der Waals surface area contributed by atoms with Crippen molar-refractivity contribution in [3.8, 4) is 17.3 Å². The highest BCUT2D eigenvalue weighted by Crippen LogP contribution is 2.26. The summed E-state index contributed by atoms with van der Waals surface area (Å²) < 4.78 is 0. The Bertz CT molecular complexity index is 494. The van der Waals surface area contributed by atoms with Crippen molar-refractivity contribution in [1.82, 2.24) is 4.98 Å². The fourth-order valence-corrected chi connectivity index (χ4v) is 2.29. The van der Waals surface area contributed by atoms with Gasteiger partial charge in [0.2, 0.25) is 0 Å². The van der Waals surface area contributed by atoms with Crippen molar-refractivity contribution in [2.24, 2.45) is 0 Å². The van der Waals surface area contributed by atoms with Crippen molar-refractivity contribution in [3.05, 3.63) is 34.7 Å². The average molecular weight is 232 g/mol. The molecule has 0 aliphatic carbocycles. The van der Waals surface area contributed by atoms with Gasteiger partial charge < -0.3 is 0 Å². The molecule has 0 N–H and O–H groups in total. The van der Waals surface area contributed by atoms with E-state index in [2.05, 4.69) is 11.1 Å². The van der Waals surface area contributed by atoms with Gasteiger partial charge in [0.1, 0.15) is 10.9 Å². The summed E-state index contributed by atoms with van der Waals surface area (Å²) in [5, 5.41) is 8.89. The second-order valence-electron chi connectivity index (χ2n) is 2.87. The molecule has 0 bridgehead atoms. The van der Waals surface area contributed by atoms with Gasteiger partial charge >= 0.3 is 0 Å². The molecule has 0 aliphatic rings. The molecule has 0 spiro atoms. The first-order valence-corrected chi connectivity index (χ1v) is 6.43. The minimum atomic E-state index is 0.673. The zero-order valence-electron chi connectivity index (χ0n) is 8.10. The van der Waals surface area contributed by atoms with Crippen molar-refractivity contribution >= 4 is 23.1 Å². The number of hydrogen-bond donors (Lipinski definition) is 0. The summed E-state index contributed by atoms with van der Waals surface area (Å²) in [5.74, 6) is 0. The molecule has 1 heterocycles. The molecule has 15 heavy (non-hydrogen) atoms. The van der Waals surface area contributed by atoms with Crippen LogP contribution < -0.4 is 0 Å². The van der Waals surface area contributed by atoms with Crippen molar-refractivity contribution in [2.75, 3.05) is 6.26 Å². The van der Waals surface area contributed by atoms with Crippen LogP contribution in [0.1, 0.15) is 4.88 Å². The van der Waals surface area contributed by atoms with Crippen LogP contribution in [0.15, 0.2) is 34.7 Å². The van der Waals surface area contributed by atoms with Gasteiger partial charge in [-0.05, 0) is 18.4 Å². The molecular formula is C11H8N2S2. The monoisotopic (exact) mass is 232 g/mol. The van der Waals surface area contributed by atoms with E-state index < -0.39 is 0 Å². The molecule has 0 saturated heterocycles. The molecule has 1 aromatic heterocycles. The lowest BCUT2D eigenvalue weighted by Crippen LogP contribution is -1.80. The van der Waals surface area contributed by atoms with Crippen LogP contribution in [-0.4, -0.2) is 11.2 Å². The van der Waals surface area contributed by atoms with E-state index in [-0.39, 0.29) is 0 Å². The van der Waals surface area contributed by atoms with Crippen LogP contribution >= 0.6 is 23.1 Å². The van der Waals surface area contributed by atoms with Gasteiger partial charge in [0.05, 0.1) is 11.2 Å². The van der Waals surface area contributed by atoms with Crippen molar-refractivity contribution in [1.29, 1.82) is 5.26 Å². The molecule has 2 rings (SSSR count). The van der Waals surface area contributed by atoms with Gasteiger partial charge in [-0.2, -0.15) is 5.26 Å². The lowest BCUT2D eigenvalue weighted by molar-refractivity contribution is 1.37. The highest BCUT2D eigenvalue weighted by molar-refractivity contribution is 7.98. The Morgan fingerprint density at radius 1 is 1.33 bits per heavy atom. The average Bonchev–Trinajstić information content (AvgIpc) is 2.77. The molecule has 74 valence electrons. The number of thiazole rings is 1. The van der Waals surface area contributed by atoms with Gasteiger partial charge in [0.15, 0.2) is 0 Å². The van der Waals surface area contributed by atoms with Gasteiger partial charge in [-0.1, -0.05) is 12.1 Å². The van der Waals surface area contributed by atoms with Crippen LogP contribution in [0.2, 0.25) is 0 Å². The van der Waals surface area contributed by atoms with E-state index in [1.807, 2.05) is 30.5 Å². The van der Waals surface area contributed by atoms with Gasteiger partial charge in [-0.25, -0.2) is 4.98 Å². The minimum Gasteiger partial charge on any atom is -0.243 e. The zero-order valence-corrected chi connectivity index (χ0v) is 9.73. The van der Waals surface area contributed by atoms with E-state index in [1.54, 1.807) is 17.3 Å². The number of rotatable bonds is 2. The Hall–Kier alpha value is -1.31. The molecule has 2 aromatic rings. The van der Waals surface area contributed by atoms with E-state index in [0.717, 1.165) is 11.3 Å². The third-order valence-corrected chi connectivity index (χ3v) is 3.51. The first-order chi connectivity index (χ1) is 7.35. The Morgan fingerprint density at radius 3 is 2.67 bits per heavy atom. The number of aromatic nitrogens is 1. The highest BCUT2D eigenvalue weighted by atomic mass is 32.2. The van der Waals surface area contributed by atoms with Gasteiger partial charge in [-0.15, -0.1) is 23.1 Å². The van der Waals surface area contributed by atoms with E-state index in [1.165, 1.54) is 16.2 Å². The third kappa shape index (κ3) is 2.04. The largest absolute Gasteiger partial charge is 0.243 e. The number of nitrogens with zero attached hydrogens (tertiary/aromatic N) is 2. The summed E-state index contributed by atoms with van der Waals surface area (Å²) in [6, 6.07) is 10.2. The van der Waals surface area contributed by atoms with Crippen LogP contribution in [0.3, 0.4) is 0 Å². The SMILES string of the molecule is CSc1ccc(-c2ncsc2C#N)cc1. The molecule has 0 radical (unpaired) electrons. The van der Waals surface area contributed by atoms with E-state index in [0.29, 0.717) is 4.88 Å². The molecule has 0 amide bonds. The normalized spacial score (nSPS) is 9.87. The topological polar surface area (TPSA) is 36.7 Å². The van der Waals surface area contributed by atoms with E-state index >= 15 is 0 Å². The van der Waals surface area contributed by atoms with Gasteiger partial charge in [0, 0.05) is 10.5 Å².